The maximum atomic E-state index is 13.2. The van der Waals surface area contributed by atoms with Crippen molar-refractivity contribution in [1.82, 2.24) is 14.3 Å². The van der Waals surface area contributed by atoms with Gasteiger partial charge >= 0.3 is 10.2 Å². The lowest BCUT2D eigenvalue weighted by Gasteiger charge is -2.28. The third-order valence-electron chi connectivity index (χ3n) is 10.3. The summed E-state index contributed by atoms with van der Waals surface area (Å²) < 4.78 is 43.5. The first kappa shape index (κ1) is 35.2. The Hall–Kier alpha value is -3.18. The number of alkyl halides is 2. The van der Waals surface area contributed by atoms with Gasteiger partial charge in [-0.25, -0.2) is 14.0 Å². The normalized spacial score (nSPS) is 23.1. The summed E-state index contributed by atoms with van der Waals surface area (Å²) >= 11 is 13.3. The molecule has 12 heteroatoms. The SMILES string of the molecule is O=C1CN(c2cccc(-n3cc(C4CCC(Cl)C[C@@H]4Cl)nc3Cc3ccc(-c4cccc(S(=O)CCC5CCCCC5)c4)cc3)c2)S(=O)(=O)N1. The molecule has 1 amide bonds. The average Bonchev–Trinajstić information content (AvgIpc) is 3.66. The number of hydrogen-bond acceptors (Lipinski definition) is 5. The number of hydrogen-bond donors (Lipinski definition) is 1. The zero-order valence-electron chi connectivity index (χ0n) is 27.8. The Morgan fingerprint density at radius 1 is 0.880 bits per heavy atom. The largest absolute Gasteiger partial charge is 0.326 e. The van der Waals surface area contributed by atoms with Crippen LogP contribution in [0.3, 0.4) is 0 Å². The van der Waals surface area contributed by atoms with Crippen LogP contribution in [0.4, 0.5) is 5.69 Å². The fraction of sp³-hybridized carbons (Fsp3) is 0.421. The molecule has 1 N–H and O–H groups in total. The number of halogens is 2. The van der Waals surface area contributed by atoms with Crippen molar-refractivity contribution in [3.05, 3.63) is 96.1 Å². The van der Waals surface area contributed by atoms with Gasteiger partial charge in [0.1, 0.15) is 12.4 Å². The minimum Gasteiger partial charge on any atom is -0.303 e. The van der Waals surface area contributed by atoms with E-state index in [0.29, 0.717) is 30.2 Å². The van der Waals surface area contributed by atoms with Gasteiger partial charge in [0, 0.05) is 45.6 Å². The summed E-state index contributed by atoms with van der Waals surface area (Å²) in [7, 11) is -4.97. The van der Waals surface area contributed by atoms with Gasteiger partial charge in [0.15, 0.2) is 0 Å². The van der Waals surface area contributed by atoms with E-state index in [9.17, 15) is 17.4 Å². The molecule has 7 rings (SSSR count). The highest BCUT2D eigenvalue weighted by Crippen LogP contribution is 2.39. The van der Waals surface area contributed by atoms with Crippen LogP contribution < -0.4 is 9.03 Å². The van der Waals surface area contributed by atoms with Crippen molar-refractivity contribution in [3.63, 3.8) is 0 Å². The Morgan fingerprint density at radius 3 is 2.38 bits per heavy atom. The van der Waals surface area contributed by atoms with Crippen molar-refractivity contribution in [3.8, 4) is 16.8 Å². The lowest BCUT2D eigenvalue weighted by atomic mass is 9.86. The van der Waals surface area contributed by atoms with Crippen LogP contribution >= 0.6 is 23.2 Å². The van der Waals surface area contributed by atoms with Crippen molar-refractivity contribution >= 4 is 55.8 Å². The van der Waals surface area contributed by atoms with Gasteiger partial charge in [0.05, 0.1) is 22.2 Å². The van der Waals surface area contributed by atoms with E-state index in [4.69, 9.17) is 28.2 Å². The minimum atomic E-state index is -3.95. The first-order chi connectivity index (χ1) is 24.1. The summed E-state index contributed by atoms with van der Waals surface area (Å²) in [6.45, 7) is -0.269. The Bertz CT molecular complexity index is 1980. The van der Waals surface area contributed by atoms with Crippen LogP contribution in [0.1, 0.15) is 80.8 Å². The molecule has 2 saturated carbocycles. The maximum absolute atomic E-state index is 13.2. The van der Waals surface area contributed by atoms with Crippen LogP contribution in [0.15, 0.2) is 83.9 Å². The number of anilines is 1. The van der Waals surface area contributed by atoms with Gasteiger partial charge in [-0.15, -0.1) is 23.2 Å². The summed E-state index contributed by atoms with van der Waals surface area (Å²) in [4.78, 5) is 17.9. The molecular weight excluding hydrogens is 711 g/mol. The maximum Gasteiger partial charge on any atom is 0.326 e. The Kier molecular flexibility index (Phi) is 10.7. The Balaban J connectivity index is 1.13. The van der Waals surface area contributed by atoms with E-state index >= 15 is 0 Å². The van der Waals surface area contributed by atoms with Gasteiger partial charge in [-0.2, -0.15) is 8.42 Å². The molecule has 0 radical (unpaired) electrons. The van der Waals surface area contributed by atoms with Crippen molar-refractivity contribution < 1.29 is 17.4 Å². The standard InChI is InChI=1S/C38H42Cl2N4O4S2/c39-30-16-17-34(35(40)22-30)36-24-43(31-9-5-10-32(23-31)44-25-38(45)42-50(44,47)48)37(41-36)20-27-12-14-28(15-13-27)29-8-4-11-33(21-29)49(46)19-18-26-6-2-1-3-7-26/h4-5,8-15,21,23-24,26,30,34-35H,1-3,6-7,16-20,22,25H2,(H,42,45)/t30?,34?,35-,49?/m0/s1. The second-order valence-corrected chi connectivity index (χ2v) is 18.1. The number of aromatic nitrogens is 2. The minimum absolute atomic E-state index is 0.0403. The van der Waals surface area contributed by atoms with Gasteiger partial charge < -0.3 is 4.57 Å². The summed E-state index contributed by atoms with van der Waals surface area (Å²) in [5.41, 5.74) is 5.14. The van der Waals surface area contributed by atoms with Crippen molar-refractivity contribution in [2.45, 2.75) is 85.8 Å². The third kappa shape index (κ3) is 7.98. The summed E-state index contributed by atoms with van der Waals surface area (Å²) in [5.74, 6) is 1.68. The molecule has 4 aromatic rings. The van der Waals surface area contributed by atoms with E-state index in [2.05, 4.69) is 36.4 Å². The Morgan fingerprint density at radius 2 is 1.64 bits per heavy atom. The predicted molar refractivity (Wildman–Crippen MR) is 201 cm³/mol. The Labute approximate surface area is 307 Å². The van der Waals surface area contributed by atoms with Gasteiger partial charge in [-0.3, -0.25) is 9.00 Å². The monoisotopic (exact) mass is 752 g/mol. The van der Waals surface area contributed by atoms with E-state index in [1.165, 1.54) is 32.1 Å². The fourth-order valence-corrected chi connectivity index (χ4v) is 10.8. The highest BCUT2D eigenvalue weighted by Gasteiger charge is 2.35. The second kappa shape index (κ2) is 15.2. The molecule has 1 saturated heterocycles. The fourth-order valence-electron chi connectivity index (χ4n) is 7.52. The smallest absolute Gasteiger partial charge is 0.303 e. The molecule has 50 heavy (non-hydrogen) atoms. The molecule has 2 heterocycles. The number of carbonyl (C=O) groups is 1. The lowest BCUT2D eigenvalue weighted by Crippen LogP contribution is -2.29. The number of rotatable bonds is 10. The number of nitrogens with zero attached hydrogens (tertiary/aromatic N) is 3. The van der Waals surface area contributed by atoms with E-state index in [0.717, 1.165) is 62.4 Å². The third-order valence-corrected chi connectivity index (χ3v) is 14.0. The molecule has 3 fully saturated rings. The number of carbonyl (C=O) groups excluding carboxylic acids is 1. The van der Waals surface area contributed by atoms with Gasteiger partial charge in [0.25, 0.3) is 5.91 Å². The van der Waals surface area contributed by atoms with E-state index in [1.54, 1.807) is 18.2 Å². The summed E-state index contributed by atoms with van der Waals surface area (Å²) in [6, 6.07) is 23.6. The molecule has 264 valence electrons. The molecule has 0 bridgehead atoms. The van der Waals surface area contributed by atoms with E-state index in [-0.39, 0.29) is 23.2 Å². The molecular formula is C38H42Cl2N4O4S2. The van der Waals surface area contributed by atoms with Gasteiger partial charge in [-0.1, -0.05) is 74.6 Å². The highest BCUT2D eigenvalue weighted by atomic mass is 35.5. The average molecular weight is 754 g/mol. The molecule has 1 aromatic heterocycles. The van der Waals surface area contributed by atoms with Crippen LogP contribution in [0.2, 0.25) is 0 Å². The van der Waals surface area contributed by atoms with Gasteiger partial charge in [0.2, 0.25) is 0 Å². The van der Waals surface area contributed by atoms with Gasteiger partial charge in [-0.05, 0) is 78.6 Å². The number of amides is 1. The first-order valence-electron chi connectivity index (χ1n) is 17.5. The van der Waals surface area contributed by atoms with Crippen LogP contribution in [0, 0.1) is 5.92 Å². The zero-order valence-corrected chi connectivity index (χ0v) is 31.0. The number of imidazole rings is 1. The molecule has 3 aromatic carbocycles. The molecule has 0 spiro atoms. The second-order valence-electron chi connectivity index (χ2n) is 13.8. The van der Waals surface area contributed by atoms with Crippen LogP contribution in [-0.4, -0.2) is 51.1 Å². The zero-order chi connectivity index (χ0) is 34.8. The van der Waals surface area contributed by atoms with Crippen molar-refractivity contribution in [1.29, 1.82) is 0 Å². The molecule has 3 unspecified atom stereocenters. The van der Waals surface area contributed by atoms with E-state index in [1.807, 2.05) is 33.7 Å². The summed E-state index contributed by atoms with van der Waals surface area (Å²) in [6.07, 6.45) is 12.4. The molecule has 2 aliphatic carbocycles. The lowest BCUT2D eigenvalue weighted by molar-refractivity contribution is -0.117. The highest BCUT2D eigenvalue weighted by molar-refractivity contribution is 7.92. The molecule has 4 atom stereocenters. The van der Waals surface area contributed by atoms with E-state index < -0.39 is 26.9 Å². The first-order valence-corrected chi connectivity index (χ1v) is 21.1. The molecule has 8 nitrogen and oxygen atoms in total. The van der Waals surface area contributed by atoms with Crippen LogP contribution in [-0.2, 0) is 32.2 Å². The van der Waals surface area contributed by atoms with Crippen molar-refractivity contribution in [2.75, 3.05) is 16.6 Å². The number of benzene rings is 3. The van der Waals surface area contributed by atoms with Crippen LogP contribution in [0.5, 0.6) is 0 Å². The summed E-state index contributed by atoms with van der Waals surface area (Å²) in [5, 5.41) is -0.0938. The molecule has 3 aliphatic rings. The quantitative estimate of drug-likeness (QED) is 0.166. The molecule has 1 aliphatic heterocycles. The van der Waals surface area contributed by atoms with Crippen molar-refractivity contribution in [2.24, 2.45) is 5.92 Å². The van der Waals surface area contributed by atoms with Crippen LogP contribution in [0.25, 0.3) is 16.8 Å². The predicted octanol–water partition coefficient (Wildman–Crippen LogP) is 7.87. The topological polar surface area (TPSA) is 101 Å². The number of nitrogens with one attached hydrogen (secondary N) is 1.